The summed E-state index contributed by atoms with van der Waals surface area (Å²) in [4.78, 5) is 19.9. The van der Waals surface area contributed by atoms with Crippen LogP contribution in [0.4, 0.5) is 5.69 Å². The maximum absolute atomic E-state index is 12.5. The van der Waals surface area contributed by atoms with Crippen molar-refractivity contribution in [1.82, 2.24) is 9.97 Å². The molecule has 4 rings (SSSR count). The van der Waals surface area contributed by atoms with Gasteiger partial charge in [-0.25, -0.2) is 4.98 Å². The minimum atomic E-state index is -0.118. The molecular weight excluding hydrogens is 288 g/mol. The number of nitrogens with zero attached hydrogens (tertiary/aromatic N) is 1. The SMILES string of the molecule is Cc1c(NC(=O)c2ccc3c(c2)CC(N)C3)cnc2[nH]ccc12. The Bertz CT molecular complexity index is 913. The first kappa shape index (κ1) is 14.0. The number of benzene rings is 1. The second-order valence-corrected chi connectivity index (χ2v) is 6.14. The number of aromatic nitrogens is 2. The van der Waals surface area contributed by atoms with Crippen molar-refractivity contribution in [2.45, 2.75) is 25.8 Å². The Labute approximate surface area is 133 Å². The summed E-state index contributed by atoms with van der Waals surface area (Å²) in [5.74, 6) is -0.118. The van der Waals surface area contributed by atoms with E-state index in [4.69, 9.17) is 5.73 Å². The number of anilines is 1. The van der Waals surface area contributed by atoms with Crippen molar-refractivity contribution in [1.29, 1.82) is 0 Å². The molecule has 1 aromatic carbocycles. The highest BCUT2D eigenvalue weighted by Gasteiger charge is 2.20. The molecule has 1 atom stereocenters. The Hall–Kier alpha value is -2.66. The van der Waals surface area contributed by atoms with E-state index < -0.39 is 0 Å². The van der Waals surface area contributed by atoms with Crippen LogP contribution >= 0.6 is 0 Å². The smallest absolute Gasteiger partial charge is 0.255 e. The van der Waals surface area contributed by atoms with Crippen molar-refractivity contribution in [2.24, 2.45) is 5.73 Å². The van der Waals surface area contributed by atoms with E-state index in [-0.39, 0.29) is 11.9 Å². The molecule has 0 fully saturated rings. The summed E-state index contributed by atoms with van der Waals surface area (Å²) in [6.45, 7) is 1.98. The number of carbonyl (C=O) groups is 1. The van der Waals surface area contributed by atoms with E-state index in [2.05, 4.69) is 15.3 Å². The number of nitrogens with one attached hydrogen (secondary N) is 2. The number of aryl methyl sites for hydroxylation is 1. The fourth-order valence-electron chi connectivity index (χ4n) is 3.25. The van der Waals surface area contributed by atoms with Crippen LogP contribution in [-0.4, -0.2) is 21.9 Å². The van der Waals surface area contributed by atoms with Crippen LogP contribution in [-0.2, 0) is 12.8 Å². The average Bonchev–Trinajstić information content (AvgIpc) is 3.14. The normalized spacial score (nSPS) is 16.5. The van der Waals surface area contributed by atoms with Gasteiger partial charge in [0.1, 0.15) is 5.65 Å². The minimum Gasteiger partial charge on any atom is -0.346 e. The number of hydrogen-bond acceptors (Lipinski definition) is 3. The van der Waals surface area contributed by atoms with E-state index >= 15 is 0 Å². The van der Waals surface area contributed by atoms with Gasteiger partial charge in [0.15, 0.2) is 0 Å². The van der Waals surface area contributed by atoms with E-state index in [1.807, 2.05) is 37.4 Å². The number of amides is 1. The second-order valence-electron chi connectivity index (χ2n) is 6.14. The Morgan fingerprint density at radius 2 is 2.13 bits per heavy atom. The number of rotatable bonds is 2. The topological polar surface area (TPSA) is 83.8 Å². The highest BCUT2D eigenvalue weighted by atomic mass is 16.1. The highest BCUT2D eigenvalue weighted by molar-refractivity contribution is 6.05. The maximum Gasteiger partial charge on any atom is 0.255 e. The second kappa shape index (κ2) is 5.21. The Kier molecular flexibility index (Phi) is 3.16. The van der Waals surface area contributed by atoms with Gasteiger partial charge in [-0.15, -0.1) is 0 Å². The molecule has 5 nitrogen and oxygen atoms in total. The predicted octanol–water partition coefficient (Wildman–Crippen LogP) is 2.55. The van der Waals surface area contributed by atoms with Gasteiger partial charge in [-0.1, -0.05) is 6.07 Å². The first-order chi connectivity index (χ1) is 11.1. The van der Waals surface area contributed by atoms with E-state index in [1.165, 1.54) is 11.1 Å². The monoisotopic (exact) mass is 306 g/mol. The van der Waals surface area contributed by atoms with Crippen molar-refractivity contribution >= 4 is 22.6 Å². The van der Waals surface area contributed by atoms with Gasteiger partial charge in [-0.3, -0.25) is 4.79 Å². The molecule has 4 N–H and O–H groups in total. The van der Waals surface area contributed by atoms with Crippen molar-refractivity contribution in [2.75, 3.05) is 5.32 Å². The summed E-state index contributed by atoms with van der Waals surface area (Å²) in [6, 6.07) is 7.96. The predicted molar refractivity (Wildman–Crippen MR) is 90.6 cm³/mol. The van der Waals surface area contributed by atoms with Crippen molar-refractivity contribution in [3.8, 4) is 0 Å². The lowest BCUT2D eigenvalue weighted by molar-refractivity contribution is 0.102. The largest absolute Gasteiger partial charge is 0.346 e. The van der Waals surface area contributed by atoms with Gasteiger partial charge < -0.3 is 16.0 Å². The van der Waals surface area contributed by atoms with Gasteiger partial charge in [0.2, 0.25) is 0 Å². The number of H-pyrrole nitrogens is 1. The maximum atomic E-state index is 12.5. The lowest BCUT2D eigenvalue weighted by Crippen LogP contribution is -2.19. The van der Waals surface area contributed by atoms with E-state index in [0.717, 1.165) is 35.1 Å². The molecule has 116 valence electrons. The number of fused-ring (bicyclic) bond motifs is 2. The van der Waals surface area contributed by atoms with Crippen LogP contribution in [0.2, 0.25) is 0 Å². The van der Waals surface area contributed by atoms with Crippen molar-refractivity contribution in [3.05, 3.63) is 58.9 Å². The van der Waals surface area contributed by atoms with Gasteiger partial charge in [0.25, 0.3) is 5.91 Å². The number of carbonyl (C=O) groups excluding carboxylic acids is 1. The molecule has 23 heavy (non-hydrogen) atoms. The molecule has 0 saturated heterocycles. The van der Waals surface area contributed by atoms with Gasteiger partial charge in [-0.2, -0.15) is 0 Å². The van der Waals surface area contributed by atoms with Crippen LogP contribution in [0, 0.1) is 6.92 Å². The molecule has 1 aliphatic rings. The lowest BCUT2D eigenvalue weighted by Gasteiger charge is -2.10. The van der Waals surface area contributed by atoms with E-state index in [1.54, 1.807) is 6.20 Å². The van der Waals surface area contributed by atoms with Crippen LogP contribution in [0.3, 0.4) is 0 Å². The van der Waals surface area contributed by atoms with Gasteiger partial charge in [0, 0.05) is 23.2 Å². The van der Waals surface area contributed by atoms with Crippen LogP contribution in [0.5, 0.6) is 0 Å². The molecule has 2 heterocycles. The molecule has 0 spiro atoms. The molecule has 5 heteroatoms. The van der Waals surface area contributed by atoms with Crippen LogP contribution in [0.1, 0.15) is 27.0 Å². The molecule has 1 aliphatic carbocycles. The van der Waals surface area contributed by atoms with Gasteiger partial charge in [0.05, 0.1) is 11.9 Å². The zero-order valence-corrected chi connectivity index (χ0v) is 12.9. The molecule has 0 saturated carbocycles. The molecule has 3 aromatic rings. The highest BCUT2D eigenvalue weighted by Crippen LogP contribution is 2.25. The summed E-state index contributed by atoms with van der Waals surface area (Å²) >= 11 is 0. The van der Waals surface area contributed by atoms with Crippen molar-refractivity contribution < 1.29 is 4.79 Å². The number of pyridine rings is 1. The average molecular weight is 306 g/mol. The summed E-state index contributed by atoms with van der Waals surface area (Å²) in [6.07, 6.45) is 5.27. The fraction of sp³-hybridized carbons (Fsp3) is 0.222. The van der Waals surface area contributed by atoms with Gasteiger partial charge in [-0.05, 0) is 54.7 Å². The van der Waals surface area contributed by atoms with Crippen LogP contribution < -0.4 is 11.1 Å². The summed E-state index contributed by atoms with van der Waals surface area (Å²) in [7, 11) is 0. The Balaban J connectivity index is 1.62. The molecular formula is C18H18N4O. The third kappa shape index (κ3) is 2.39. The molecule has 0 aliphatic heterocycles. The summed E-state index contributed by atoms with van der Waals surface area (Å²) in [5.41, 5.74) is 11.6. The first-order valence-corrected chi connectivity index (χ1v) is 7.73. The lowest BCUT2D eigenvalue weighted by atomic mass is 10.1. The molecule has 2 aromatic heterocycles. The number of hydrogen-bond donors (Lipinski definition) is 3. The minimum absolute atomic E-state index is 0.118. The standard InChI is InChI=1S/C18H18N4O/c1-10-15-4-5-20-17(15)21-9-16(10)22-18(23)12-3-2-11-7-14(19)8-13(11)6-12/h2-6,9,14H,7-8,19H2,1H3,(H,20,21)(H,22,23). The first-order valence-electron chi connectivity index (χ1n) is 7.73. The quantitative estimate of drug-likeness (QED) is 0.680. The number of aromatic amines is 1. The van der Waals surface area contributed by atoms with Crippen LogP contribution in [0.15, 0.2) is 36.7 Å². The summed E-state index contributed by atoms with van der Waals surface area (Å²) in [5, 5.41) is 3.98. The van der Waals surface area contributed by atoms with Crippen molar-refractivity contribution in [3.63, 3.8) is 0 Å². The van der Waals surface area contributed by atoms with Crippen LogP contribution in [0.25, 0.3) is 11.0 Å². The number of nitrogens with two attached hydrogens (primary N) is 1. The third-order valence-corrected chi connectivity index (χ3v) is 4.54. The molecule has 0 bridgehead atoms. The van der Waals surface area contributed by atoms with Gasteiger partial charge >= 0.3 is 0 Å². The fourth-order valence-corrected chi connectivity index (χ4v) is 3.25. The van der Waals surface area contributed by atoms with E-state index in [9.17, 15) is 4.79 Å². The molecule has 1 amide bonds. The zero-order chi connectivity index (χ0) is 16.0. The zero-order valence-electron chi connectivity index (χ0n) is 12.9. The Morgan fingerprint density at radius 1 is 1.30 bits per heavy atom. The van der Waals surface area contributed by atoms with E-state index in [0.29, 0.717) is 5.56 Å². The Morgan fingerprint density at radius 3 is 3.00 bits per heavy atom. The molecule has 0 radical (unpaired) electrons. The third-order valence-electron chi connectivity index (χ3n) is 4.54. The summed E-state index contributed by atoms with van der Waals surface area (Å²) < 4.78 is 0. The molecule has 1 unspecified atom stereocenters.